The third-order valence-corrected chi connectivity index (χ3v) is 5.97. The first-order chi connectivity index (χ1) is 14.7. The van der Waals surface area contributed by atoms with Crippen LogP contribution in [-0.2, 0) is 6.42 Å². The topological polar surface area (TPSA) is 79.4 Å². The van der Waals surface area contributed by atoms with Crippen LogP contribution in [0.4, 0.5) is 0 Å². The van der Waals surface area contributed by atoms with Crippen molar-refractivity contribution >= 4 is 22.4 Å². The lowest BCUT2D eigenvalue weighted by Gasteiger charge is -2.34. The van der Waals surface area contributed by atoms with E-state index in [0.717, 1.165) is 45.6 Å². The van der Waals surface area contributed by atoms with Crippen molar-refractivity contribution in [2.75, 3.05) is 6.54 Å². The Morgan fingerprint density at radius 1 is 1.20 bits per heavy atom. The highest BCUT2D eigenvalue weighted by Gasteiger charge is 2.38. The molecule has 5 aromatic rings. The number of para-hydroxylation sites is 1. The molecule has 1 aliphatic rings. The number of aromatic nitrogens is 4. The number of fused-ring (bicyclic) bond motifs is 3. The zero-order valence-corrected chi connectivity index (χ0v) is 16.4. The Kier molecular flexibility index (Phi) is 3.59. The lowest BCUT2D eigenvalue weighted by atomic mass is 9.96. The van der Waals surface area contributed by atoms with E-state index >= 15 is 0 Å². The Labute approximate surface area is 171 Å². The zero-order valence-electron chi connectivity index (χ0n) is 16.4. The molecule has 0 aliphatic carbocycles. The number of imidazole rings is 1. The predicted octanol–water partition coefficient (Wildman–Crippen LogP) is 3.90. The third-order valence-electron chi connectivity index (χ3n) is 5.97. The van der Waals surface area contributed by atoms with Crippen LogP contribution in [0.15, 0.2) is 65.6 Å². The summed E-state index contributed by atoms with van der Waals surface area (Å²) in [5, 5.41) is 5.40. The highest BCUT2D eigenvalue weighted by atomic mass is 16.3. The highest BCUT2D eigenvalue weighted by Crippen LogP contribution is 2.39. The van der Waals surface area contributed by atoms with Crippen molar-refractivity contribution in [1.82, 2.24) is 24.5 Å². The number of hydrogen-bond donors (Lipinski definition) is 1. The van der Waals surface area contributed by atoms with Gasteiger partial charge in [0.2, 0.25) is 0 Å². The molecule has 0 spiro atoms. The van der Waals surface area contributed by atoms with Crippen LogP contribution in [0.3, 0.4) is 0 Å². The summed E-state index contributed by atoms with van der Waals surface area (Å²) in [7, 11) is 0. The smallest absolute Gasteiger partial charge is 0.258 e. The molecule has 0 saturated carbocycles. The number of benzene rings is 1. The van der Waals surface area contributed by atoms with Crippen molar-refractivity contribution in [3.63, 3.8) is 0 Å². The molecular weight excluding hydrogens is 378 g/mol. The van der Waals surface area contributed by atoms with Crippen molar-refractivity contribution < 1.29 is 9.21 Å². The van der Waals surface area contributed by atoms with E-state index in [9.17, 15) is 4.79 Å². The lowest BCUT2D eigenvalue weighted by molar-refractivity contribution is 0.0674. The fourth-order valence-electron chi connectivity index (χ4n) is 4.47. The van der Waals surface area contributed by atoms with E-state index in [1.165, 1.54) is 0 Å². The van der Waals surface area contributed by atoms with E-state index < -0.39 is 6.04 Å². The van der Waals surface area contributed by atoms with Gasteiger partial charge < -0.3 is 14.3 Å². The van der Waals surface area contributed by atoms with E-state index in [2.05, 4.69) is 15.1 Å². The average Bonchev–Trinajstić information content (AvgIpc) is 3.50. The van der Waals surface area contributed by atoms with Gasteiger partial charge >= 0.3 is 0 Å². The molecule has 4 aromatic heterocycles. The molecule has 1 atom stereocenters. The van der Waals surface area contributed by atoms with Gasteiger partial charge in [-0.25, -0.2) is 9.50 Å². The second-order valence-corrected chi connectivity index (χ2v) is 7.59. The van der Waals surface area contributed by atoms with Gasteiger partial charge in [-0.05, 0) is 25.1 Å². The van der Waals surface area contributed by atoms with Gasteiger partial charge in [-0.3, -0.25) is 4.79 Å². The normalized spacial score (nSPS) is 16.3. The number of aromatic amines is 1. The predicted molar refractivity (Wildman–Crippen MR) is 111 cm³/mol. The van der Waals surface area contributed by atoms with E-state index in [4.69, 9.17) is 4.42 Å². The number of H-pyrrole nitrogens is 1. The molecule has 0 fully saturated rings. The van der Waals surface area contributed by atoms with Gasteiger partial charge in [0.1, 0.15) is 17.4 Å². The first-order valence-electron chi connectivity index (χ1n) is 9.96. The zero-order chi connectivity index (χ0) is 20.2. The van der Waals surface area contributed by atoms with Crippen LogP contribution >= 0.6 is 0 Å². The number of furan rings is 1. The number of aryl methyl sites for hydroxylation is 1. The minimum Gasteiger partial charge on any atom is -0.458 e. The molecule has 1 aromatic carbocycles. The summed E-state index contributed by atoms with van der Waals surface area (Å²) in [6, 6.07) is 13.3. The number of rotatable bonds is 2. The van der Waals surface area contributed by atoms with Crippen LogP contribution in [-0.4, -0.2) is 36.9 Å². The molecule has 30 heavy (non-hydrogen) atoms. The fourth-order valence-corrected chi connectivity index (χ4v) is 4.47. The summed E-state index contributed by atoms with van der Waals surface area (Å²) >= 11 is 0. The standard InChI is InChI=1S/C23H19N5O2/c1-14-15-6-2-3-8-19(15)30-22(14)21-20-17(24-13-25-20)9-11-27(21)23(29)16-12-26-28-10-5-4-7-18(16)28/h2-8,10,12-13,21H,9,11H2,1H3,(H,24,25)/t21-/m0/s1. The van der Waals surface area contributed by atoms with Gasteiger partial charge in [0.15, 0.2) is 0 Å². The lowest BCUT2D eigenvalue weighted by Crippen LogP contribution is -2.40. The SMILES string of the molecule is Cc1c([C@@H]2c3nc[nH]c3CCN2C(=O)c2cnn3ccccc23)oc2ccccc12. The Balaban J connectivity index is 1.52. The fraction of sp³-hybridized carbons (Fsp3) is 0.174. The molecule has 1 amide bonds. The second kappa shape index (κ2) is 6.32. The van der Waals surface area contributed by atoms with Gasteiger partial charge in [-0.1, -0.05) is 24.3 Å². The van der Waals surface area contributed by atoms with Crippen LogP contribution in [0, 0.1) is 6.92 Å². The maximum atomic E-state index is 13.7. The summed E-state index contributed by atoms with van der Waals surface area (Å²) in [5.74, 6) is 0.684. The Bertz CT molecular complexity index is 1410. The van der Waals surface area contributed by atoms with Crippen LogP contribution in [0.5, 0.6) is 0 Å². The number of nitrogens with zero attached hydrogens (tertiary/aromatic N) is 4. The Hall–Kier alpha value is -3.87. The van der Waals surface area contributed by atoms with Crippen molar-refractivity contribution in [3.8, 4) is 0 Å². The van der Waals surface area contributed by atoms with Gasteiger partial charge in [-0.2, -0.15) is 5.10 Å². The number of pyridine rings is 1. The molecule has 6 rings (SSSR count). The number of nitrogens with one attached hydrogen (secondary N) is 1. The molecule has 0 unspecified atom stereocenters. The van der Waals surface area contributed by atoms with Crippen LogP contribution < -0.4 is 0 Å². The van der Waals surface area contributed by atoms with E-state index in [1.54, 1.807) is 17.0 Å². The largest absolute Gasteiger partial charge is 0.458 e. The monoisotopic (exact) mass is 397 g/mol. The number of amides is 1. The number of carbonyl (C=O) groups is 1. The summed E-state index contributed by atoms with van der Waals surface area (Å²) in [6.07, 6.45) is 5.89. The summed E-state index contributed by atoms with van der Waals surface area (Å²) in [6.45, 7) is 2.61. The molecule has 148 valence electrons. The van der Waals surface area contributed by atoms with Crippen molar-refractivity contribution in [2.24, 2.45) is 0 Å². The maximum Gasteiger partial charge on any atom is 0.258 e. The number of hydrogen-bond acceptors (Lipinski definition) is 4. The quantitative estimate of drug-likeness (QED) is 0.490. The van der Waals surface area contributed by atoms with Crippen molar-refractivity contribution in [1.29, 1.82) is 0 Å². The maximum absolute atomic E-state index is 13.7. The van der Waals surface area contributed by atoms with E-state index in [-0.39, 0.29) is 5.91 Å². The molecular formula is C23H19N5O2. The van der Waals surface area contributed by atoms with Gasteiger partial charge in [0.05, 0.1) is 29.3 Å². The van der Waals surface area contributed by atoms with Gasteiger partial charge in [-0.15, -0.1) is 0 Å². The third kappa shape index (κ3) is 2.35. The molecule has 0 saturated heterocycles. The molecule has 1 aliphatic heterocycles. The summed E-state index contributed by atoms with van der Waals surface area (Å²) < 4.78 is 8.00. The Morgan fingerprint density at radius 2 is 2.07 bits per heavy atom. The highest BCUT2D eigenvalue weighted by molar-refractivity contribution is 6.01. The first-order valence-corrected chi connectivity index (χ1v) is 9.96. The van der Waals surface area contributed by atoms with Crippen molar-refractivity contribution in [3.05, 3.63) is 89.5 Å². The first kappa shape index (κ1) is 17.0. The molecule has 5 heterocycles. The van der Waals surface area contributed by atoms with Crippen LogP contribution in [0.1, 0.15) is 39.1 Å². The minimum atomic E-state index is -0.390. The molecule has 1 N–H and O–H groups in total. The molecule has 7 nitrogen and oxygen atoms in total. The Morgan fingerprint density at radius 3 is 2.97 bits per heavy atom. The van der Waals surface area contributed by atoms with Gasteiger partial charge in [0.25, 0.3) is 5.91 Å². The number of carbonyl (C=O) groups excluding carboxylic acids is 1. The minimum absolute atomic E-state index is 0.0743. The van der Waals surface area contributed by atoms with E-state index in [0.29, 0.717) is 12.1 Å². The van der Waals surface area contributed by atoms with Crippen molar-refractivity contribution in [2.45, 2.75) is 19.4 Å². The molecule has 0 radical (unpaired) electrons. The van der Waals surface area contributed by atoms with E-state index in [1.807, 2.05) is 60.5 Å². The van der Waals surface area contributed by atoms with Crippen LogP contribution in [0.25, 0.3) is 16.5 Å². The summed E-state index contributed by atoms with van der Waals surface area (Å²) in [5.41, 5.74) is 5.10. The molecule has 7 heteroatoms. The van der Waals surface area contributed by atoms with Gasteiger partial charge in [0, 0.05) is 35.8 Å². The average molecular weight is 397 g/mol. The second-order valence-electron chi connectivity index (χ2n) is 7.59. The molecule has 0 bridgehead atoms. The van der Waals surface area contributed by atoms with Crippen LogP contribution in [0.2, 0.25) is 0 Å². The summed E-state index contributed by atoms with van der Waals surface area (Å²) in [4.78, 5) is 23.4.